The van der Waals surface area contributed by atoms with Crippen LogP contribution in [0.2, 0.25) is 0 Å². The maximum absolute atomic E-state index is 12.5. The Hall–Kier alpha value is -1.93. The predicted molar refractivity (Wildman–Crippen MR) is 101 cm³/mol. The summed E-state index contributed by atoms with van der Waals surface area (Å²) in [6.45, 7) is 8.50. The molecule has 0 spiro atoms. The first kappa shape index (κ1) is 20.4. The zero-order valence-corrected chi connectivity index (χ0v) is 16.6. The molecule has 8 heteroatoms. The fourth-order valence-corrected chi connectivity index (χ4v) is 4.45. The first-order valence-electron chi connectivity index (χ1n) is 8.91. The van der Waals surface area contributed by atoms with Gasteiger partial charge in [0.1, 0.15) is 0 Å². The molecule has 144 valence electrons. The molecule has 2 amide bonds. The van der Waals surface area contributed by atoms with Crippen LogP contribution in [0, 0.1) is 0 Å². The molecule has 0 fully saturated rings. The smallest absolute Gasteiger partial charge is 0.240 e. The van der Waals surface area contributed by atoms with Crippen molar-refractivity contribution in [3.8, 4) is 0 Å². The normalized spacial score (nSPS) is 16.5. The molecule has 1 aliphatic rings. The molecule has 0 saturated heterocycles. The number of nitrogens with zero attached hydrogens (tertiary/aromatic N) is 2. The fraction of sp³-hybridized carbons (Fsp3) is 0.556. The van der Waals surface area contributed by atoms with E-state index in [1.54, 1.807) is 21.9 Å². The first-order chi connectivity index (χ1) is 12.2. The zero-order chi connectivity index (χ0) is 19.5. The molecule has 0 aliphatic carbocycles. The molecule has 1 N–H and O–H groups in total. The van der Waals surface area contributed by atoms with E-state index in [1.165, 1.54) is 13.0 Å². The number of amides is 2. The van der Waals surface area contributed by atoms with Gasteiger partial charge >= 0.3 is 0 Å². The van der Waals surface area contributed by atoms with Crippen molar-refractivity contribution < 1.29 is 18.0 Å². The standard InChI is InChI=1S/C18H27N3O4S/c1-5-20(6-2)18(23)9-10-19-26(24,25)16-7-8-17-15(12-16)11-13(3)21(17)14(4)22/h7-8,12-13,19H,5-6,9-11H2,1-4H3/t13-/m1/s1. The van der Waals surface area contributed by atoms with Crippen LogP contribution in [0.5, 0.6) is 0 Å². The second kappa shape index (κ2) is 8.18. The van der Waals surface area contributed by atoms with Crippen LogP contribution in [0.25, 0.3) is 0 Å². The highest BCUT2D eigenvalue weighted by molar-refractivity contribution is 7.89. The third kappa shape index (κ3) is 4.24. The Morgan fingerprint density at radius 1 is 1.27 bits per heavy atom. The summed E-state index contributed by atoms with van der Waals surface area (Å²) in [4.78, 5) is 27.2. The minimum absolute atomic E-state index is 0.0140. The van der Waals surface area contributed by atoms with Gasteiger partial charge in [0.05, 0.1) is 4.90 Å². The summed E-state index contributed by atoms with van der Waals surface area (Å²) >= 11 is 0. The average Bonchev–Trinajstić information content (AvgIpc) is 2.90. The van der Waals surface area contributed by atoms with Crippen molar-refractivity contribution in [3.63, 3.8) is 0 Å². The first-order valence-corrected chi connectivity index (χ1v) is 10.4. The summed E-state index contributed by atoms with van der Waals surface area (Å²) < 4.78 is 27.5. The van der Waals surface area contributed by atoms with Crippen molar-refractivity contribution in [2.24, 2.45) is 0 Å². The van der Waals surface area contributed by atoms with Gasteiger partial charge in [0, 0.05) is 44.7 Å². The number of benzene rings is 1. The Labute approximate surface area is 155 Å². The Morgan fingerprint density at radius 3 is 2.50 bits per heavy atom. The van der Waals surface area contributed by atoms with Crippen molar-refractivity contribution in [1.82, 2.24) is 9.62 Å². The van der Waals surface area contributed by atoms with Crippen LogP contribution in [-0.2, 0) is 26.0 Å². The lowest BCUT2D eigenvalue weighted by atomic mass is 10.1. The summed E-state index contributed by atoms with van der Waals surface area (Å²) in [6.07, 6.45) is 0.750. The molecule has 0 radical (unpaired) electrons. The number of carbonyl (C=O) groups excluding carboxylic acids is 2. The number of carbonyl (C=O) groups is 2. The quantitative estimate of drug-likeness (QED) is 0.776. The van der Waals surface area contributed by atoms with Gasteiger partial charge in [-0.2, -0.15) is 0 Å². The van der Waals surface area contributed by atoms with E-state index in [0.29, 0.717) is 19.5 Å². The molecule has 7 nitrogen and oxygen atoms in total. The molecule has 0 saturated carbocycles. The van der Waals surface area contributed by atoms with Crippen LogP contribution < -0.4 is 9.62 Å². The highest BCUT2D eigenvalue weighted by Gasteiger charge is 2.30. The van der Waals surface area contributed by atoms with Crippen molar-refractivity contribution in [3.05, 3.63) is 23.8 Å². The topological polar surface area (TPSA) is 86.8 Å². The third-order valence-electron chi connectivity index (χ3n) is 4.66. The van der Waals surface area contributed by atoms with Crippen molar-refractivity contribution in [2.75, 3.05) is 24.5 Å². The van der Waals surface area contributed by atoms with Crippen LogP contribution in [0.1, 0.15) is 39.7 Å². The fourth-order valence-electron chi connectivity index (χ4n) is 3.36. The van der Waals surface area contributed by atoms with E-state index in [0.717, 1.165) is 11.3 Å². The molecule has 2 rings (SSSR count). The monoisotopic (exact) mass is 381 g/mol. The van der Waals surface area contributed by atoms with Crippen molar-refractivity contribution in [1.29, 1.82) is 0 Å². The molecule has 0 aromatic heterocycles. The minimum atomic E-state index is -3.70. The Bertz CT molecular complexity index is 788. The van der Waals surface area contributed by atoms with Crippen LogP contribution >= 0.6 is 0 Å². The van der Waals surface area contributed by atoms with Gasteiger partial charge in [-0.25, -0.2) is 13.1 Å². The van der Waals surface area contributed by atoms with E-state index in [1.807, 2.05) is 20.8 Å². The molecule has 26 heavy (non-hydrogen) atoms. The van der Waals surface area contributed by atoms with Crippen LogP contribution in [0.3, 0.4) is 0 Å². The number of hydrogen-bond acceptors (Lipinski definition) is 4. The Morgan fingerprint density at radius 2 is 1.92 bits per heavy atom. The largest absolute Gasteiger partial charge is 0.343 e. The predicted octanol–water partition coefficient (Wildman–Crippen LogP) is 1.52. The lowest BCUT2D eigenvalue weighted by Crippen LogP contribution is -2.34. The van der Waals surface area contributed by atoms with Gasteiger partial charge in [0.25, 0.3) is 0 Å². The highest BCUT2D eigenvalue weighted by atomic mass is 32.2. The molecule has 1 aromatic carbocycles. The van der Waals surface area contributed by atoms with Gasteiger partial charge in [0.15, 0.2) is 0 Å². The molecule has 1 heterocycles. The number of rotatable bonds is 7. The summed E-state index contributed by atoms with van der Waals surface area (Å²) in [5.74, 6) is -0.127. The highest BCUT2D eigenvalue weighted by Crippen LogP contribution is 2.33. The minimum Gasteiger partial charge on any atom is -0.343 e. The summed E-state index contributed by atoms with van der Waals surface area (Å²) in [5.41, 5.74) is 1.61. The van der Waals surface area contributed by atoms with Crippen LogP contribution in [0.15, 0.2) is 23.1 Å². The number of sulfonamides is 1. The van der Waals surface area contributed by atoms with E-state index in [2.05, 4.69) is 4.72 Å². The maximum atomic E-state index is 12.5. The van der Waals surface area contributed by atoms with Gasteiger partial charge in [-0.15, -0.1) is 0 Å². The average molecular weight is 381 g/mol. The number of fused-ring (bicyclic) bond motifs is 1. The number of nitrogens with one attached hydrogen (secondary N) is 1. The maximum Gasteiger partial charge on any atom is 0.240 e. The van der Waals surface area contributed by atoms with E-state index in [-0.39, 0.29) is 35.7 Å². The molecular formula is C18H27N3O4S. The van der Waals surface area contributed by atoms with Gasteiger partial charge in [-0.05, 0) is 51.0 Å². The van der Waals surface area contributed by atoms with E-state index >= 15 is 0 Å². The van der Waals surface area contributed by atoms with Gasteiger partial charge in [-0.1, -0.05) is 0 Å². The molecular weight excluding hydrogens is 354 g/mol. The number of hydrogen-bond donors (Lipinski definition) is 1. The molecule has 0 bridgehead atoms. The van der Waals surface area contributed by atoms with Gasteiger partial charge in [0.2, 0.25) is 21.8 Å². The molecule has 1 atom stereocenters. The summed E-state index contributed by atoms with van der Waals surface area (Å²) in [6, 6.07) is 4.81. The second-order valence-corrected chi connectivity index (χ2v) is 8.21. The molecule has 1 aliphatic heterocycles. The van der Waals surface area contributed by atoms with E-state index in [9.17, 15) is 18.0 Å². The van der Waals surface area contributed by atoms with Crippen molar-refractivity contribution in [2.45, 2.75) is 51.5 Å². The molecule has 0 unspecified atom stereocenters. The van der Waals surface area contributed by atoms with Crippen LogP contribution in [0.4, 0.5) is 5.69 Å². The second-order valence-electron chi connectivity index (χ2n) is 6.45. The van der Waals surface area contributed by atoms with E-state index in [4.69, 9.17) is 0 Å². The Kier molecular flexibility index (Phi) is 6.41. The third-order valence-corrected chi connectivity index (χ3v) is 6.12. The van der Waals surface area contributed by atoms with E-state index < -0.39 is 10.0 Å². The zero-order valence-electron chi connectivity index (χ0n) is 15.8. The lowest BCUT2D eigenvalue weighted by molar-refractivity contribution is -0.130. The molecule has 1 aromatic rings. The summed E-state index contributed by atoms with van der Waals surface area (Å²) in [5, 5.41) is 0. The van der Waals surface area contributed by atoms with Crippen LogP contribution in [-0.4, -0.2) is 50.8 Å². The number of anilines is 1. The summed E-state index contributed by atoms with van der Waals surface area (Å²) in [7, 11) is -3.70. The SMILES string of the molecule is CCN(CC)C(=O)CCNS(=O)(=O)c1ccc2c(c1)C[C@@H](C)N2C(C)=O. The lowest BCUT2D eigenvalue weighted by Gasteiger charge is -2.20. The van der Waals surface area contributed by atoms with Gasteiger partial charge < -0.3 is 9.80 Å². The Balaban J connectivity index is 2.08. The van der Waals surface area contributed by atoms with Gasteiger partial charge in [-0.3, -0.25) is 9.59 Å². The van der Waals surface area contributed by atoms with Crippen molar-refractivity contribution >= 4 is 27.5 Å².